The molecule has 7 nitrogen and oxygen atoms in total. The van der Waals surface area contributed by atoms with Gasteiger partial charge in [-0.1, -0.05) is 0 Å². The van der Waals surface area contributed by atoms with Crippen LogP contribution in [-0.4, -0.2) is 27.2 Å². The van der Waals surface area contributed by atoms with E-state index in [1.807, 2.05) is 0 Å². The topological polar surface area (TPSA) is 95.2 Å². The Kier molecular flexibility index (Phi) is 5.03. The zero-order valence-electron chi connectivity index (χ0n) is 8.37. The van der Waals surface area contributed by atoms with E-state index in [1.54, 1.807) is 0 Å². The molecule has 1 rings (SSSR count). The Morgan fingerprint density at radius 2 is 1.47 bits per heavy atom. The fraction of sp³-hybridized carbons (Fsp3) is 0.111. The Labute approximate surface area is 103 Å². The Morgan fingerprint density at radius 1 is 1.00 bits per heavy atom. The molecular weight excluding hydrogens is 272 g/mol. The van der Waals surface area contributed by atoms with Gasteiger partial charge in [0.1, 0.15) is 34.5 Å². The molecule has 0 atom stereocenters. The normalized spacial score (nSPS) is 8.29. The summed E-state index contributed by atoms with van der Waals surface area (Å²) in [6, 6.07) is 0. The molecule has 1 heterocycles. The van der Waals surface area contributed by atoms with Crippen molar-refractivity contribution in [3.05, 3.63) is 31.1 Å². The van der Waals surface area contributed by atoms with E-state index in [9.17, 15) is 24.0 Å². The van der Waals surface area contributed by atoms with E-state index in [1.165, 1.54) is 17.8 Å². The molecule has 1 aromatic rings. The largest absolute Gasteiger partial charge is 0.290 e. The molecule has 0 aliphatic heterocycles. The van der Waals surface area contributed by atoms with Crippen molar-refractivity contribution in [3.63, 3.8) is 0 Å². The fourth-order valence-corrected chi connectivity index (χ4v) is 1.11. The van der Waals surface area contributed by atoms with E-state index in [0.717, 1.165) is 7.05 Å². The Hall–Kier alpha value is -2.19. The summed E-state index contributed by atoms with van der Waals surface area (Å²) in [4.78, 5) is 53.9. The van der Waals surface area contributed by atoms with Gasteiger partial charge in [0.2, 0.25) is 0 Å². The molecule has 0 fully saturated rings. The molecular formula is C9H4FeN2O5. The zero-order valence-corrected chi connectivity index (χ0v) is 9.47. The third-order valence-electron chi connectivity index (χ3n) is 1.88. The molecule has 0 saturated carbocycles. The zero-order chi connectivity index (χ0) is 12.3. The molecule has 0 saturated heterocycles. The SMILES string of the molecule is Cn1c(=O)c(=C=O)c(=C=O)c(=O)n1C=C=O.[Fe]. The molecule has 0 N–H and O–H groups in total. The van der Waals surface area contributed by atoms with E-state index in [-0.39, 0.29) is 17.1 Å². The van der Waals surface area contributed by atoms with Crippen LogP contribution in [-0.2, 0) is 38.5 Å². The number of hydrogen-bond donors (Lipinski definition) is 0. The summed E-state index contributed by atoms with van der Waals surface area (Å²) in [7, 11) is 1.15. The van der Waals surface area contributed by atoms with E-state index in [4.69, 9.17) is 0 Å². The van der Waals surface area contributed by atoms with Crippen LogP contribution in [0.3, 0.4) is 0 Å². The van der Waals surface area contributed by atoms with Crippen LogP contribution in [0.15, 0.2) is 9.59 Å². The molecule has 0 unspecified atom stereocenters. The van der Waals surface area contributed by atoms with Crippen LogP contribution < -0.4 is 21.6 Å². The van der Waals surface area contributed by atoms with E-state index in [2.05, 4.69) is 0 Å². The molecule has 1 aromatic heterocycles. The van der Waals surface area contributed by atoms with Gasteiger partial charge in [-0.15, -0.1) is 0 Å². The van der Waals surface area contributed by atoms with Crippen molar-refractivity contribution >= 4 is 24.0 Å². The van der Waals surface area contributed by atoms with Crippen LogP contribution in [0.5, 0.6) is 0 Å². The Balaban J connectivity index is 0.00000256. The van der Waals surface area contributed by atoms with Gasteiger partial charge in [0, 0.05) is 24.1 Å². The summed E-state index contributed by atoms with van der Waals surface area (Å²) < 4.78 is 1.24. The van der Waals surface area contributed by atoms with Crippen LogP contribution in [0.1, 0.15) is 0 Å². The van der Waals surface area contributed by atoms with Crippen molar-refractivity contribution in [1.29, 1.82) is 0 Å². The average Bonchev–Trinajstić information content (AvgIpc) is 2.29. The van der Waals surface area contributed by atoms with Gasteiger partial charge in [0.05, 0.1) is 0 Å². The van der Waals surface area contributed by atoms with Crippen LogP contribution >= 0.6 is 0 Å². The molecule has 0 amide bonds. The third kappa shape index (κ3) is 2.32. The van der Waals surface area contributed by atoms with Crippen molar-refractivity contribution in [2.45, 2.75) is 0 Å². The van der Waals surface area contributed by atoms with Crippen molar-refractivity contribution in [2.24, 2.45) is 7.05 Å². The first-order valence-corrected chi connectivity index (χ1v) is 3.91. The first-order valence-electron chi connectivity index (χ1n) is 3.91. The summed E-state index contributed by atoms with van der Waals surface area (Å²) in [6.07, 6.45) is 0.624. The summed E-state index contributed by atoms with van der Waals surface area (Å²) in [6.45, 7) is 0. The maximum Gasteiger partial charge on any atom is 0.290 e. The molecule has 0 spiro atoms. The summed E-state index contributed by atoms with van der Waals surface area (Å²) in [5.41, 5.74) is -1.95. The first kappa shape index (κ1) is 14.8. The van der Waals surface area contributed by atoms with Crippen LogP contribution in [0.25, 0.3) is 6.20 Å². The van der Waals surface area contributed by atoms with Gasteiger partial charge in [0.15, 0.2) is 0 Å². The van der Waals surface area contributed by atoms with Crippen LogP contribution in [0.4, 0.5) is 0 Å². The van der Waals surface area contributed by atoms with Crippen molar-refractivity contribution < 1.29 is 31.5 Å². The summed E-state index contributed by atoms with van der Waals surface area (Å²) >= 11 is 0. The molecule has 88 valence electrons. The minimum Gasteiger partial charge on any atom is -0.266 e. The maximum atomic E-state index is 11.5. The smallest absolute Gasteiger partial charge is 0.266 e. The molecule has 0 bridgehead atoms. The quantitative estimate of drug-likeness (QED) is 0.383. The van der Waals surface area contributed by atoms with Crippen molar-refractivity contribution in [3.8, 4) is 0 Å². The van der Waals surface area contributed by atoms with Gasteiger partial charge in [-0.25, -0.2) is 23.7 Å². The number of nitrogens with zero attached hydrogens (tertiary/aromatic N) is 2. The molecule has 8 heteroatoms. The third-order valence-corrected chi connectivity index (χ3v) is 1.88. The van der Waals surface area contributed by atoms with Gasteiger partial charge in [-0.2, -0.15) is 0 Å². The monoisotopic (exact) mass is 276 g/mol. The van der Waals surface area contributed by atoms with Gasteiger partial charge in [0.25, 0.3) is 11.1 Å². The van der Waals surface area contributed by atoms with Gasteiger partial charge >= 0.3 is 0 Å². The van der Waals surface area contributed by atoms with E-state index in [0.29, 0.717) is 15.6 Å². The predicted octanol–water partition coefficient (Wildman–Crippen LogP) is -4.15. The predicted molar refractivity (Wildman–Crippen MR) is 51.2 cm³/mol. The van der Waals surface area contributed by atoms with Crippen LogP contribution in [0, 0.1) is 0 Å². The molecule has 0 aromatic carbocycles. The standard InChI is InChI=1S/C9H4N2O5.Fe/c1-10-8(15)6(4-13)7(5-14)9(16)11(10)2-3-12;/h2H,1H3;. The van der Waals surface area contributed by atoms with E-state index >= 15 is 0 Å². The van der Waals surface area contributed by atoms with Crippen LogP contribution in [0.2, 0.25) is 0 Å². The fourth-order valence-electron chi connectivity index (χ4n) is 1.11. The second kappa shape index (κ2) is 5.77. The Bertz CT molecular complexity index is 771. The van der Waals surface area contributed by atoms with Gasteiger partial charge < -0.3 is 0 Å². The number of aromatic nitrogens is 2. The second-order valence-corrected chi connectivity index (χ2v) is 2.68. The second-order valence-electron chi connectivity index (χ2n) is 2.68. The first-order chi connectivity index (χ1) is 7.58. The maximum absolute atomic E-state index is 11.5. The minimum atomic E-state index is -1.02. The molecule has 0 radical (unpaired) electrons. The molecule has 0 aliphatic rings. The number of hydrogen-bond acceptors (Lipinski definition) is 5. The average molecular weight is 276 g/mol. The number of carbonyl (C=O) groups excluding carboxylic acids is 3. The summed E-state index contributed by atoms with van der Waals surface area (Å²) in [5, 5.41) is -1.47. The number of rotatable bonds is 1. The molecule has 0 aliphatic carbocycles. The van der Waals surface area contributed by atoms with E-state index < -0.39 is 21.6 Å². The minimum absolute atomic E-state index is 0. The van der Waals surface area contributed by atoms with Crippen molar-refractivity contribution in [1.82, 2.24) is 9.36 Å². The van der Waals surface area contributed by atoms with Gasteiger partial charge in [-0.05, 0) is 0 Å². The molecule has 17 heavy (non-hydrogen) atoms. The Morgan fingerprint density at radius 3 is 1.88 bits per heavy atom. The summed E-state index contributed by atoms with van der Waals surface area (Å²) in [5.74, 6) is 3.65. The van der Waals surface area contributed by atoms with Crippen molar-refractivity contribution in [2.75, 3.05) is 0 Å². The van der Waals surface area contributed by atoms with Gasteiger partial charge in [-0.3, -0.25) is 9.59 Å².